The summed E-state index contributed by atoms with van der Waals surface area (Å²) in [6.07, 6.45) is 7.91. The molecule has 0 aromatic heterocycles. The molecule has 0 radical (unpaired) electrons. The maximum absolute atomic E-state index is 11.9. The Hall–Kier alpha value is -1.66. The van der Waals surface area contributed by atoms with Crippen molar-refractivity contribution in [3.8, 4) is 0 Å². The Balaban J connectivity index is 1.68. The van der Waals surface area contributed by atoms with E-state index in [2.05, 4.69) is 13.2 Å². The summed E-state index contributed by atoms with van der Waals surface area (Å²) < 4.78 is 21.0. The van der Waals surface area contributed by atoms with Crippen LogP contribution in [0.4, 0.5) is 0 Å². The fourth-order valence-corrected chi connectivity index (χ4v) is 4.29. The minimum atomic E-state index is -0.345. The number of ether oxygens (including phenoxy) is 4. The summed E-state index contributed by atoms with van der Waals surface area (Å²) in [6, 6.07) is 0. The van der Waals surface area contributed by atoms with Gasteiger partial charge in [-0.05, 0) is 63.2 Å². The van der Waals surface area contributed by atoms with E-state index in [1.54, 1.807) is 0 Å². The summed E-state index contributed by atoms with van der Waals surface area (Å²) in [7, 11) is 3.07. The van der Waals surface area contributed by atoms with E-state index in [9.17, 15) is 9.59 Å². The molecule has 2 aliphatic rings. The van der Waals surface area contributed by atoms with Crippen molar-refractivity contribution < 1.29 is 28.5 Å². The second-order valence-electron chi connectivity index (χ2n) is 7.96. The first-order chi connectivity index (χ1) is 13.4. The molecule has 0 bridgehead atoms. The highest BCUT2D eigenvalue weighted by Crippen LogP contribution is 2.39. The van der Waals surface area contributed by atoms with Crippen molar-refractivity contribution >= 4 is 11.9 Å². The van der Waals surface area contributed by atoms with E-state index >= 15 is 0 Å². The third kappa shape index (κ3) is 6.74. The van der Waals surface area contributed by atoms with Gasteiger partial charge in [-0.15, -0.1) is 0 Å². The van der Waals surface area contributed by atoms with Gasteiger partial charge in [-0.1, -0.05) is 13.2 Å². The van der Waals surface area contributed by atoms with Gasteiger partial charge in [0.25, 0.3) is 0 Å². The smallest absolute Gasteiger partial charge is 0.336 e. The molecule has 2 fully saturated rings. The average Bonchev–Trinajstić information content (AvgIpc) is 2.69. The molecule has 2 rings (SSSR count). The summed E-state index contributed by atoms with van der Waals surface area (Å²) >= 11 is 0. The van der Waals surface area contributed by atoms with Gasteiger partial charge in [0.15, 0.2) is 0 Å². The first-order valence-corrected chi connectivity index (χ1v) is 10.2. The normalized spacial score (nSPS) is 27.6. The van der Waals surface area contributed by atoms with Gasteiger partial charge in [0.05, 0.1) is 24.4 Å². The number of methoxy groups -OCH3 is 2. The predicted octanol–water partition coefficient (Wildman–Crippen LogP) is 3.60. The maximum Gasteiger partial charge on any atom is 0.336 e. The van der Waals surface area contributed by atoms with E-state index in [1.807, 2.05) is 0 Å². The average molecular weight is 395 g/mol. The molecule has 0 unspecified atom stereocenters. The topological polar surface area (TPSA) is 71.1 Å². The number of esters is 2. The van der Waals surface area contributed by atoms with Crippen LogP contribution >= 0.6 is 0 Å². The van der Waals surface area contributed by atoms with Crippen LogP contribution in [0.25, 0.3) is 0 Å². The van der Waals surface area contributed by atoms with Crippen molar-refractivity contribution in [2.45, 2.75) is 63.6 Å². The van der Waals surface area contributed by atoms with Crippen LogP contribution in [0, 0.1) is 11.8 Å². The van der Waals surface area contributed by atoms with Gasteiger partial charge in [0, 0.05) is 14.2 Å². The Bertz CT molecular complexity index is 503. The van der Waals surface area contributed by atoms with Gasteiger partial charge < -0.3 is 18.9 Å². The summed E-state index contributed by atoms with van der Waals surface area (Å²) in [5.41, 5.74) is 0.733. The van der Waals surface area contributed by atoms with Crippen molar-refractivity contribution in [3.05, 3.63) is 24.3 Å². The molecule has 2 aliphatic carbocycles. The lowest BCUT2D eigenvalue weighted by atomic mass is 9.72. The van der Waals surface area contributed by atoms with E-state index in [0.717, 1.165) is 51.4 Å². The Morgan fingerprint density at radius 1 is 0.679 bits per heavy atom. The molecule has 0 saturated heterocycles. The number of hydrogen-bond donors (Lipinski definition) is 0. The van der Waals surface area contributed by atoms with Crippen LogP contribution in [0.5, 0.6) is 0 Å². The fourth-order valence-electron chi connectivity index (χ4n) is 4.29. The summed E-state index contributed by atoms with van der Waals surface area (Å²) in [4.78, 5) is 23.9. The van der Waals surface area contributed by atoms with Crippen molar-refractivity contribution in [1.29, 1.82) is 0 Å². The fraction of sp³-hybridized carbons (Fsp3) is 0.727. The lowest BCUT2D eigenvalue weighted by Gasteiger charge is -2.37. The quantitative estimate of drug-likeness (QED) is 0.440. The van der Waals surface area contributed by atoms with E-state index in [-0.39, 0.29) is 37.4 Å². The molecule has 0 aromatic rings. The van der Waals surface area contributed by atoms with E-state index in [0.29, 0.717) is 23.0 Å². The van der Waals surface area contributed by atoms with Gasteiger partial charge in [0.2, 0.25) is 0 Å². The van der Waals surface area contributed by atoms with Crippen molar-refractivity contribution in [2.75, 3.05) is 27.4 Å². The third-order valence-electron chi connectivity index (χ3n) is 5.87. The van der Waals surface area contributed by atoms with Crippen molar-refractivity contribution in [2.24, 2.45) is 11.8 Å². The van der Waals surface area contributed by atoms with E-state index in [4.69, 9.17) is 18.9 Å². The predicted molar refractivity (Wildman–Crippen MR) is 106 cm³/mol. The second-order valence-corrected chi connectivity index (χ2v) is 7.96. The first-order valence-electron chi connectivity index (χ1n) is 10.2. The molecule has 2 saturated carbocycles. The number of rotatable bonds is 9. The van der Waals surface area contributed by atoms with Crippen LogP contribution in [-0.2, 0) is 28.5 Å². The molecular weight excluding hydrogens is 360 g/mol. The van der Waals surface area contributed by atoms with Crippen LogP contribution < -0.4 is 0 Å². The van der Waals surface area contributed by atoms with Crippen molar-refractivity contribution in [3.63, 3.8) is 0 Å². The van der Waals surface area contributed by atoms with Crippen molar-refractivity contribution in [1.82, 2.24) is 0 Å². The van der Waals surface area contributed by atoms with Crippen LogP contribution in [0.15, 0.2) is 24.3 Å². The van der Waals surface area contributed by atoms with Gasteiger partial charge in [0.1, 0.15) is 12.2 Å². The Morgan fingerprint density at radius 2 is 1.00 bits per heavy atom. The summed E-state index contributed by atoms with van der Waals surface area (Å²) in [6.45, 7) is 7.82. The zero-order valence-electron chi connectivity index (χ0n) is 17.2. The summed E-state index contributed by atoms with van der Waals surface area (Å²) in [5, 5.41) is 0. The molecule has 158 valence electrons. The lowest BCUT2D eigenvalue weighted by Crippen LogP contribution is -2.32. The molecule has 28 heavy (non-hydrogen) atoms. The molecule has 0 heterocycles. The molecule has 6 heteroatoms. The Kier molecular flexibility index (Phi) is 9.19. The Morgan fingerprint density at radius 3 is 1.29 bits per heavy atom. The standard InChI is InChI=1S/C22H34O6/c1-15(13-25-3)21(23)27-19-9-5-17(6-10-19)18-7-11-20(12-8-18)28-22(24)16(2)14-26-4/h17-20H,1-2,5-14H2,3-4H3. The number of carbonyl (C=O) groups is 2. The number of hydrogen-bond acceptors (Lipinski definition) is 6. The van der Waals surface area contributed by atoms with Gasteiger partial charge >= 0.3 is 11.9 Å². The maximum atomic E-state index is 11.9. The number of carbonyl (C=O) groups excluding carboxylic acids is 2. The van der Waals surface area contributed by atoms with Gasteiger partial charge in [-0.25, -0.2) is 9.59 Å². The van der Waals surface area contributed by atoms with Crippen LogP contribution in [-0.4, -0.2) is 51.6 Å². The molecule has 0 N–H and O–H groups in total. The Labute approximate surface area is 168 Å². The zero-order valence-corrected chi connectivity index (χ0v) is 17.2. The highest BCUT2D eigenvalue weighted by Gasteiger charge is 2.33. The van der Waals surface area contributed by atoms with E-state index in [1.165, 1.54) is 14.2 Å². The molecular formula is C22H34O6. The molecule has 0 spiro atoms. The highest BCUT2D eigenvalue weighted by molar-refractivity contribution is 5.88. The summed E-state index contributed by atoms with van der Waals surface area (Å²) in [5.74, 6) is 0.639. The minimum absolute atomic E-state index is 0.0125. The second kappa shape index (κ2) is 11.4. The largest absolute Gasteiger partial charge is 0.459 e. The van der Waals surface area contributed by atoms with E-state index < -0.39 is 0 Å². The molecule has 0 amide bonds. The van der Waals surface area contributed by atoms with Crippen LogP contribution in [0.1, 0.15) is 51.4 Å². The minimum Gasteiger partial charge on any atom is -0.459 e. The monoisotopic (exact) mass is 394 g/mol. The molecule has 0 aliphatic heterocycles. The van der Waals surface area contributed by atoms with Gasteiger partial charge in [-0.2, -0.15) is 0 Å². The third-order valence-corrected chi connectivity index (χ3v) is 5.87. The SMILES string of the molecule is C=C(COC)C(=O)OC1CCC(C2CCC(OC(=O)C(=C)COC)CC2)CC1. The van der Waals surface area contributed by atoms with Crippen LogP contribution in [0.3, 0.4) is 0 Å². The molecule has 6 nitrogen and oxygen atoms in total. The lowest BCUT2D eigenvalue weighted by molar-refractivity contribution is -0.149. The highest BCUT2D eigenvalue weighted by atomic mass is 16.6. The zero-order chi connectivity index (χ0) is 20.5. The van der Waals surface area contributed by atoms with Crippen LogP contribution in [0.2, 0.25) is 0 Å². The molecule has 0 atom stereocenters. The molecule has 0 aromatic carbocycles. The first kappa shape index (κ1) is 22.6. The van der Waals surface area contributed by atoms with Gasteiger partial charge in [-0.3, -0.25) is 0 Å².